The average molecular weight is 330 g/mol. The van der Waals surface area contributed by atoms with Gasteiger partial charge in [-0.3, -0.25) is 0 Å². The summed E-state index contributed by atoms with van der Waals surface area (Å²) in [5.74, 6) is -4.09. The van der Waals surface area contributed by atoms with E-state index >= 15 is 0 Å². The molecule has 0 saturated carbocycles. The van der Waals surface area contributed by atoms with E-state index in [2.05, 4.69) is 4.98 Å². The van der Waals surface area contributed by atoms with E-state index in [1.165, 1.54) is 0 Å². The normalized spacial score (nSPS) is 13.0. The molecule has 0 aliphatic rings. The predicted octanol–water partition coefficient (Wildman–Crippen LogP) is 4.44. The summed E-state index contributed by atoms with van der Waals surface area (Å²) >= 11 is 0. The largest absolute Gasteiger partial charge is 0.473 e. The van der Waals surface area contributed by atoms with E-state index in [4.69, 9.17) is 10.5 Å². The van der Waals surface area contributed by atoms with Gasteiger partial charge in [0.15, 0.2) is 5.92 Å². The summed E-state index contributed by atoms with van der Waals surface area (Å²) < 4.78 is 81.5. The lowest BCUT2D eigenvalue weighted by molar-refractivity contribution is -0.254. The van der Waals surface area contributed by atoms with Gasteiger partial charge in [0.05, 0.1) is 11.4 Å². The Labute approximate surface area is 123 Å². The Balaban J connectivity index is 3.25. The summed E-state index contributed by atoms with van der Waals surface area (Å²) in [4.78, 5) is 3.35. The van der Waals surface area contributed by atoms with Crippen LogP contribution in [-0.2, 0) is 0 Å². The molecule has 0 amide bonds. The molecule has 0 atom stereocenters. The monoisotopic (exact) mass is 330 g/mol. The fourth-order valence-corrected chi connectivity index (χ4v) is 1.85. The van der Waals surface area contributed by atoms with Crippen LogP contribution in [-0.4, -0.2) is 23.4 Å². The van der Waals surface area contributed by atoms with Gasteiger partial charge in [0.25, 0.3) is 0 Å². The summed E-state index contributed by atoms with van der Waals surface area (Å²) in [6.07, 6.45) is -10.4. The van der Waals surface area contributed by atoms with E-state index in [0.29, 0.717) is 18.9 Å². The second-order valence-electron chi connectivity index (χ2n) is 4.70. The Hall–Kier alpha value is -1.67. The molecule has 1 aromatic rings. The Morgan fingerprint density at radius 3 is 1.95 bits per heavy atom. The third kappa shape index (κ3) is 4.41. The molecule has 22 heavy (non-hydrogen) atoms. The van der Waals surface area contributed by atoms with Gasteiger partial charge in [-0.05, 0) is 25.0 Å². The van der Waals surface area contributed by atoms with Gasteiger partial charge in [0.1, 0.15) is 6.10 Å². The number of pyridine rings is 1. The standard InChI is InChI=1S/C13H16F6N2O/c1-3-7(4-2)22-11-8(20)5-6-9(21-11)10(12(14,15)16)13(17,18)19/h5-7,10H,3-4,20H2,1-2H3. The first-order chi connectivity index (χ1) is 10.0. The fourth-order valence-electron chi connectivity index (χ4n) is 1.85. The number of alkyl halides is 6. The maximum absolute atomic E-state index is 12.7. The van der Waals surface area contributed by atoms with Crippen molar-refractivity contribution in [3.05, 3.63) is 17.8 Å². The van der Waals surface area contributed by atoms with Crippen LogP contribution >= 0.6 is 0 Å². The average Bonchev–Trinajstić information content (AvgIpc) is 2.36. The molecule has 1 rings (SSSR count). The lowest BCUT2D eigenvalue weighted by Gasteiger charge is -2.23. The highest BCUT2D eigenvalue weighted by Crippen LogP contribution is 2.46. The van der Waals surface area contributed by atoms with E-state index in [-0.39, 0.29) is 11.8 Å². The van der Waals surface area contributed by atoms with Gasteiger partial charge in [0, 0.05) is 0 Å². The van der Waals surface area contributed by atoms with E-state index in [9.17, 15) is 26.3 Å². The molecule has 3 nitrogen and oxygen atoms in total. The molecule has 126 valence electrons. The Bertz CT molecular complexity index is 482. The van der Waals surface area contributed by atoms with Crippen molar-refractivity contribution in [1.29, 1.82) is 0 Å². The van der Waals surface area contributed by atoms with Gasteiger partial charge >= 0.3 is 12.4 Å². The predicted molar refractivity (Wildman–Crippen MR) is 68.5 cm³/mol. The molecule has 0 spiro atoms. The number of nitrogen functional groups attached to an aromatic ring is 1. The number of halogens is 6. The van der Waals surface area contributed by atoms with Crippen LogP contribution in [0, 0.1) is 0 Å². The number of hydrogen-bond donors (Lipinski definition) is 1. The molecule has 0 aliphatic heterocycles. The van der Waals surface area contributed by atoms with Crippen LogP contribution in [0.1, 0.15) is 38.3 Å². The maximum atomic E-state index is 12.7. The lowest BCUT2D eigenvalue weighted by Crippen LogP contribution is -2.35. The summed E-state index contributed by atoms with van der Waals surface area (Å²) in [6.45, 7) is 3.53. The van der Waals surface area contributed by atoms with Crippen LogP contribution in [0.3, 0.4) is 0 Å². The minimum Gasteiger partial charge on any atom is -0.473 e. The van der Waals surface area contributed by atoms with Crippen LogP contribution in [0.5, 0.6) is 5.88 Å². The number of anilines is 1. The van der Waals surface area contributed by atoms with Crippen LogP contribution in [0.2, 0.25) is 0 Å². The van der Waals surface area contributed by atoms with E-state index in [1.807, 2.05) is 0 Å². The number of rotatable bonds is 5. The minimum atomic E-state index is -5.51. The van der Waals surface area contributed by atoms with Crippen molar-refractivity contribution in [1.82, 2.24) is 4.98 Å². The van der Waals surface area contributed by atoms with Crippen molar-refractivity contribution in [2.75, 3.05) is 5.73 Å². The molecular weight excluding hydrogens is 314 g/mol. The molecule has 1 heterocycles. The quantitative estimate of drug-likeness (QED) is 0.812. The highest BCUT2D eigenvalue weighted by molar-refractivity contribution is 5.49. The number of nitrogens with two attached hydrogens (primary N) is 1. The molecule has 9 heteroatoms. The van der Waals surface area contributed by atoms with Crippen LogP contribution in [0.15, 0.2) is 12.1 Å². The van der Waals surface area contributed by atoms with E-state index in [0.717, 1.165) is 6.07 Å². The third-order valence-corrected chi connectivity index (χ3v) is 3.05. The molecule has 2 N–H and O–H groups in total. The third-order valence-electron chi connectivity index (χ3n) is 3.05. The molecular formula is C13H16F6N2O. The van der Waals surface area contributed by atoms with Gasteiger partial charge < -0.3 is 10.5 Å². The van der Waals surface area contributed by atoms with E-state index in [1.54, 1.807) is 13.8 Å². The Kier molecular flexibility index (Phi) is 5.53. The summed E-state index contributed by atoms with van der Waals surface area (Å²) in [6, 6.07) is 1.55. The zero-order chi connectivity index (χ0) is 17.1. The lowest BCUT2D eigenvalue weighted by atomic mass is 10.0. The Morgan fingerprint density at radius 1 is 1.05 bits per heavy atom. The smallest absolute Gasteiger partial charge is 0.406 e. The van der Waals surface area contributed by atoms with Crippen LogP contribution < -0.4 is 10.5 Å². The molecule has 0 unspecified atom stereocenters. The molecule has 0 bridgehead atoms. The highest BCUT2D eigenvalue weighted by Gasteiger charge is 2.58. The molecule has 0 fully saturated rings. The summed E-state index contributed by atoms with van der Waals surface area (Å²) in [7, 11) is 0. The number of nitrogens with zero attached hydrogens (tertiary/aromatic N) is 1. The molecule has 0 radical (unpaired) electrons. The number of hydrogen-bond acceptors (Lipinski definition) is 3. The topological polar surface area (TPSA) is 48.1 Å². The van der Waals surface area contributed by atoms with Crippen molar-refractivity contribution >= 4 is 5.69 Å². The molecule has 0 saturated heterocycles. The second kappa shape index (κ2) is 6.62. The Morgan fingerprint density at radius 2 is 1.55 bits per heavy atom. The molecule has 1 aromatic heterocycles. The maximum Gasteiger partial charge on any atom is 0.406 e. The van der Waals surface area contributed by atoms with Crippen molar-refractivity contribution in [3.8, 4) is 5.88 Å². The zero-order valence-electron chi connectivity index (χ0n) is 11.9. The number of ether oxygens (including phenoxy) is 1. The van der Waals surface area contributed by atoms with Crippen LogP contribution in [0.4, 0.5) is 32.0 Å². The molecule has 0 aromatic carbocycles. The minimum absolute atomic E-state index is 0.112. The van der Waals surface area contributed by atoms with Crippen LogP contribution in [0.25, 0.3) is 0 Å². The first kappa shape index (κ1) is 18.4. The van der Waals surface area contributed by atoms with Gasteiger partial charge in [-0.1, -0.05) is 13.8 Å². The van der Waals surface area contributed by atoms with Gasteiger partial charge in [0.2, 0.25) is 5.88 Å². The van der Waals surface area contributed by atoms with Crippen molar-refractivity contribution in [2.24, 2.45) is 0 Å². The van der Waals surface area contributed by atoms with Gasteiger partial charge in [-0.2, -0.15) is 26.3 Å². The molecule has 0 aliphatic carbocycles. The van der Waals surface area contributed by atoms with Crippen molar-refractivity contribution in [2.45, 2.75) is 51.1 Å². The van der Waals surface area contributed by atoms with Gasteiger partial charge in [-0.15, -0.1) is 0 Å². The highest BCUT2D eigenvalue weighted by atomic mass is 19.4. The van der Waals surface area contributed by atoms with Crippen molar-refractivity contribution < 1.29 is 31.1 Å². The summed E-state index contributed by atoms with van der Waals surface area (Å²) in [5.41, 5.74) is 4.22. The van der Waals surface area contributed by atoms with Gasteiger partial charge in [-0.25, -0.2) is 4.98 Å². The SMILES string of the molecule is CCC(CC)Oc1nc(C(C(F)(F)F)C(F)(F)F)ccc1N. The first-order valence-electron chi connectivity index (χ1n) is 6.57. The second-order valence-corrected chi connectivity index (χ2v) is 4.70. The van der Waals surface area contributed by atoms with Crippen molar-refractivity contribution in [3.63, 3.8) is 0 Å². The number of aromatic nitrogens is 1. The zero-order valence-corrected chi connectivity index (χ0v) is 11.9. The summed E-state index contributed by atoms with van der Waals surface area (Å²) in [5, 5.41) is 0. The fraction of sp³-hybridized carbons (Fsp3) is 0.615. The van der Waals surface area contributed by atoms with E-state index < -0.39 is 29.8 Å². The first-order valence-corrected chi connectivity index (χ1v) is 6.57.